The molecule has 0 aromatic carbocycles. The maximum atomic E-state index is 11.6. The zero-order chi connectivity index (χ0) is 14.3. The van der Waals surface area contributed by atoms with E-state index in [9.17, 15) is 9.59 Å². The summed E-state index contributed by atoms with van der Waals surface area (Å²) in [4.78, 5) is 29.3. The number of carbonyl (C=O) groups excluding carboxylic acids is 1. The van der Waals surface area contributed by atoms with Crippen LogP contribution in [-0.4, -0.2) is 45.6 Å². The molecule has 1 atom stereocenters. The van der Waals surface area contributed by atoms with Gasteiger partial charge in [-0.2, -0.15) is 0 Å². The summed E-state index contributed by atoms with van der Waals surface area (Å²) in [7, 11) is 0. The molecule has 0 saturated carbocycles. The van der Waals surface area contributed by atoms with Crippen LogP contribution < -0.4 is 10.6 Å². The van der Waals surface area contributed by atoms with E-state index in [4.69, 9.17) is 5.11 Å². The van der Waals surface area contributed by atoms with Crippen LogP contribution >= 0.6 is 0 Å². The number of carboxylic acids is 1. The zero-order valence-electron chi connectivity index (χ0n) is 11.1. The van der Waals surface area contributed by atoms with E-state index in [2.05, 4.69) is 20.6 Å². The Labute approximate surface area is 111 Å². The van der Waals surface area contributed by atoms with E-state index in [-0.39, 0.29) is 18.7 Å². The van der Waals surface area contributed by atoms with Crippen molar-refractivity contribution in [1.29, 1.82) is 0 Å². The molecule has 0 spiro atoms. The molecule has 106 valence electrons. The lowest BCUT2D eigenvalue weighted by molar-refractivity contribution is -0.141. The molecule has 0 unspecified atom stereocenters. The summed E-state index contributed by atoms with van der Waals surface area (Å²) in [5.74, 6) is -1.33. The maximum absolute atomic E-state index is 11.6. The molecule has 0 aliphatic carbocycles. The third-order valence-corrected chi connectivity index (χ3v) is 2.52. The van der Waals surface area contributed by atoms with E-state index < -0.39 is 12.0 Å². The number of carbonyl (C=O) groups is 2. The molecule has 0 aliphatic heterocycles. The number of aromatic nitrogens is 2. The molecule has 0 saturated heterocycles. The second-order valence-corrected chi connectivity index (χ2v) is 4.60. The summed E-state index contributed by atoms with van der Waals surface area (Å²) in [5.41, 5.74) is 0.674. The first-order valence-corrected chi connectivity index (χ1v) is 6.22. The summed E-state index contributed by atoms with van der Waals surface area (Å²) in [5, 5.41) is 14.7. The van der Waals surface area contributed by atoms with Crippen LogP contribution in [0.5, 0.6) is 0 Å². The highest BCUT2D eigenvalue weighted by Gasteiger charge is 2.20. The zero-order valence-corrected chi connectivity index (χ0v) is 11.1. The second kappa shape index (κ2) is 7.52. The van der Waals surface area contributed by atoms with Gasteiger partial charge in [0, 0.05) is 37.3 Å². The van der Waals surface area contributed by atoms with Crippen LogP contribution in [0.15, 0.2) is 12.5 Å². The van der Waals surface area contributed by atoms with Gasteiger partial charge in [0.2, 0.25) is 5.91 Å². The van der Waals surface area contributed by atoms with Crippen LogP contribution in [-0.2, 0) is 16.0 Å². The number of imidazole rings is 1. The minimum Gasteiger partial charge on any atom is -0.480 e. The van der Waals surface area contributed by atoms with E-state index >= 15 is 0 Å². The summed E-state index contributed by atoms with van der Waals surface area (Å²) >= 11 is 0. The molecule has 0 fully saturated rings. The molecule has 1 heterocycles. The fourth-order valence-corrected chi connectivity index (χ4v) is 1.56. The Hall–Kier alpha value is -1.89. The number of amides is 1. The Balaban J connectivity index is 2.40. The Kier molecular flexibility index (Phi) is 6.01. The van der Waals surface area contributed by atoms with Gasteiger partial charge in [0.15, 0.2) is 0 Å². The molecule has 0 aliphatic rings. The fourth-order valence-electron chi connectivity index (χ4n) is 1.56. The summed E-state index contributed by atoms with van der Waals surface area (Å²) < 4.78 is 0. The molecule has 0 bridgehead atoms. The molecule has 0 radical (unpaired) electrons. The largest absolute Gasteiger partial charge is 0.480 e. The highest BCUT2D eigenvalue weighted by Crippen LogP contribution is 1.99. The topological polar surface area (TPSA) is 107 Å². The number of rotatable bonds is 8. The van der Waals surface area contributed by atoms with Gasteiger partial charge in [-0.3, -0.25) is 4.79 Å². The van der Waals surface area contributed by atoms with E-state index in [1.807, 2.05) is 13.8 Å². The number of nitrogens with zero attached hydrogens (tertiary/aromatic N) is 1. The van der Waals surface area contributed by atoms with Gasteiger partial charge in [0.25, 0.3) is 0 Å². The van der Waals surface area contributed by atoms with E-state index in [1.165, 1.54) is 6.33 Å². The van der Waals surface area contributed by atoms with Gasteiger partial charge in [0.1, 0.15) is 6.04 Å². The third kappa shape index (κ3) is 6.01. The minimum atomic E-state index is -1.06. The predicted molar refractivity (Wildman–Crippen MR) is 69.6 cm³/mol. The number of nitrogens with one attached hydrogen (secondary N) is 3. The number of H-pyrrole nitrogens is 1. The van der Waals surface area contributed by atoms with Crippen LogP contribution in [0.1, 0.15) is 26.0 Å². The lowest BCUT2D eigenvalue weighted by Gasteiger charge is -2.14. The van der Waals surface area contributed by atoms with Crippen molar-refractivity contribution in [3.8, 4) is 0 Å². The predicted octanol–water partition coefficient (Wildman–Crippen LogP) is -0.0903. The highest BCUT2D eigenvalue weighted by atomic mass is 16.4. The van der Waals surface area contributed by atoms with Crippen molar-refractivity contribution in [3.05, 3.63) is 18.2 Å². The molecule has 1 amide bonds. The van der Waals surface area contributed by atoms with Gasteiger partial charge in [0.05, 0.1) is 6.33 Å². The smallest absolute Gasteiger partial charge is 0.326 e. The van der Waals surface area contributed by atoms with Crippen molar-refractivity contribution < 1.29 is 14.7 Å². The van der Waals surface area contributed by atoms with Crippen LogP contribution in [0.2, 0.25) is 0 Å². The standard InChI is InChI=1S/C12H20N4O3/c1-8(2)14-4-3-11(17)16-10(12(18)19)5-9-6-13-7-15-9/h6-8,10,14H,3-5H2,1-2H3,(H,13,15)(H,16,17)(H,18,19)/t10-/m0/s1. The molecular weight excluding hydrogens is 248 g/mol. The molecule has 1 rings (SSSR count). The number of aromatic amines is 1. The normalized spacial score (nSPS) is 12.4. The molecule has 1 aromatic heterocycles. The number of hydrogen-bond acceptors (Lipinski definition) is 4. The quantitative estimate of drug-likeness (QED) is 0.527. The molecule has 7 nitrogen and oxygen atoms in total. The molecule has 19 heavy (non-hydrogen) atoms. The number of hydrogen-bond donors (Lipinski definition) is 4. The van der Waals surface area contributed by atoms with Crippen molar-refractivity contribution >= 4 is 11.9 Å². The summed E-state index contributed by atoms with van der Waals surface area (Å²) in [6.45, 7) is 4.49. The molecule has 1 aromatic rings. The van der Waals surface area contributed by atoms with Crippen molar-refractivity contribution in [1.82, 2.24) is 20.6 Å². The lowest BCUT2D eigenvalue weighted by Crippen LogP contribution is -2.43. The van der Waals surface area contributed by atoms with Gasteiger partial charge in [-0.15, -0.1) is 0 Å². The van der Waals surface area contributed by atoms with Crippen molar-refractivity contribution in [2.75, 3.05) is 6.54 Å². The first-order chi connectivity index (χ1) is 8.99. The van der Waals surface area contributed by atoms with Crippen LogP contribution in [0.4, 0.5) is 0 Å². The first-order valence-electron chi connectivity index (χ1n) is 6.22. The van der Waals surface area contributed by atoms with E-state index in [0.717, 1.165) is 0 Å². The van der Waals surface area contributed by atoms with Crippen LogP contribution in [0.25, 0.3) is 0 Å². The minimum absolute atomic E-state index is 0.193. The SMILES string of the molecule is CC(C)NCCC(=O)N[C@@H](Cc1cnc[nH]1)C(=O)O. The van der Waals surface area contributed by atoms with Crippen molar-refractivity contribution in [2.24, 2.45) is 0 Å². The van der Waals surface area contributed by atoms with Gasteiger partial charge in [-0.1, -0.05) is 13.8 Å². The third-order valence-electron chi connectivity index (χ3n) is 2.52. The summed E-state index contributed by atoms with van der Waals surface area (Å²) in [6.07, 6.45) is 3.47. The van der Waals surface area contributed by atoms with Crippen molar-refractivity contribution in [3.63, 3.8) is 0 Å². The fraction of sp³-hybridized carbons (Fsp3) is 0.583. The summed E-state index contributed by atoms with van der Waals surface area (Å²) in [6, 6.07) is -0.639. The number of carboxylic acid groups (broad SMARTS) is 1. The Morgan fingerprint density at radius 1 is 1.47 bits per heavy atom. The van der Waals surface area contributed by atoms with Gasteiger partial charge >= 0.3 is 5.97 Å². The van der Waals surface area contributed by atoms with E-state index in [0.29, 0.717) is 18.3 Å². The van der Waals surface area contributed by atoms with Crippen LogP contribution in [0, 0.1) is 0 Å². The lowest BCUT2D eigenvalue weighted by atomic mass is 10.1. The number of aliphatic carboxylic acids is 1. The average Bonchev–Trinajstić information content (AvgIpc) is 2.80. The molecule has 4 N–H and O–H groups in total. The maximum Gasteiger partial charge on any atom is 0.326 e. The Morgan fingerprint density at radius 2 is 2.21 bits per heavy atom. The average molecular weight is 268 g/mol. The highest BCUT2D eigenvalue weighted by molar-refractivity contribution is 5.83. The monoisotopic (exact) mass is 268 g/mol. The van der Waals surface area contributed by atoms with Gasteiger partial charge < -0.3 is 20.7 Å². The Morgan fingerprint density at radius 3 is 2.74 bits per heavy atom. The van der Waals surface area contributed by atoms with Gasteiger partial charge in [-0.25, -0.2) is 9.78 Å². The van der Waals surface area contributed by atoms with E-state index in [1.54, 1.807) is 6.20 Å². The van der Waals surface area contributed by atoms with Crippen LogP contribution in [0.3, 0.4) is 0 Å². The Bertz CT molecular complexity index is 403. The molecule has 7 heteroatoms. The second-order valence-electron chi connectivity index (χ2n) is 4.60. The van der Waals surface area contributed by atoms with Gasteiger partial charge in [-0.05, 0) is 0 Å². The van der Waals surface area contributed by atoms with Crippen molar-refractivity contribution in [2.45, 2.75) is 38.8 Å². The first kappa shape index (κ1) is 15.2. The molecular formula is C12H20N4O3.